The monoisotopic (exact) mass is 307 g/mol. The first kappa shape index (κ1) is 15.3. The van der Waals surface area contributed by atoms with Crippen LogP contribution < -0.4 is 5.32 Å². The first-order valence-corrected chi connectivity index (χ1v) is 7.84. The molecule has 0 radical (unpaired) electrons. The van der Waals surface area contributed by atoms with Gasteiger partial charge in [-0.05, 0) is 44.9 Å². The second-order valence-corrected chi connectivity index (χ2v) is 5.93. The lowest BCUT2D eigenvalue weighted by molar-refractivity contribution is -0.116. The molecule has 1 N–H and O–H groups in total. The molecule has 3 aromatic rings. The van der Waals surface area contributed by atoms with Crippen LogP contribution in [0, 0.1) is 20.8 Å². The summed E-state index contributed by atoms with van der Waals surface area (Å²) in [5, 5.41) is 2.98. The van der Waals surface area contributed by atoms with Crippen molar-refractivity contribution < 1.29 is 4.79 Å². The fourth-order valence-electron chi connectivity index (χ4n) is 2.62. The van der Waals surface area contributed by atoms with Crippen LogP contribution in [0.15, 0.2) is 42.6 Å². The van der Waals surface area contributed by atoms with Crippen LogP contribution in [0.5, 0.6) is 0 Å². The summed E-state index contributed by atoms with van der Waals surface area (Å²) < 4.78 is 2.00. The van der Waals surface area contributed by atoms with Crippen molar-refractivity contribution in [2.24, 2.45) is 0 Å². The lowest BCUT2D eigenvalue weighted by atomic mass is 10.1. The molecule has 0 bridgehead atoms. The summed E-state index contributed by atoms with van der Waals surface area (Å²) in [4.78, 5) is 16.8. The van der Waals surface area contributed by atoms with E-state index in [-0.39, 0.29) is 5.91 Å². The van der Waals surface area contributed by atoms with Crippen LogP contribution in [0.4, 0.5) is 5.69 Å². The van der Waals surface area contributed by atoms with E-state index in [1.807, 2.05) is 36.6 Å². The third-order valence-corrected chi connectivity index (χ3v) is 4.16. The SMILES string of the molecule is Cc1ccc(CCC(=O)Nc2cccn3c(C)c(C)nc23)cc1. The smallest absolute Gasteiger partial charge is 0.224 e. The number of carbonyl (C=O) groups is 1. The molecule has 1 aromatic carbocycles. The summed E-state index contributed by atoms with van der Waals surface area (Å²) in [6.45, 7) is 6.06. The Morgan fingerprint density at radius 3 is 2.61 bits per heavy atom. The second kappa shape index (κ2) is 6.24. The highest BCUT2D eigenvalue weighted by Crippen LogP contribution is 2.19. The molecule has 0 spiro atoms. The maximum absolute atomic E-state index is 12.2. The zero-order valence-electron chi connectivity index (χ0n) is 13.8. The van der Waals surface area contributed by atoms with Crippen molar-refractivity contribution in [1.29, 1.82) is 0 Å². The Kier molecular flexibility index (Phi) is 4.15. The number of fused-ring (bicyclic) bond motifs is 1. The summed E-state index contributed by atoms with van der Waals surface area (Å²) in [6.07, 6.45) is 3.16. The van der Waals surface area contributed by atoms with Gasteiger partial charge in [0.15, 0.2) is 5.65 Å². The zero-order valence-corrected chi connectivity index (χ0v) is 13.8. The fourth-order valence-corrected chi connectivity index (χ4v) is 2.62. The van der Waals surface area contributed by atoms with E-state index < -0.39 is 0 Å². The largest absolute Gasteiger partial charge is 0.323 e. The third kappa shape index (κ3) is 3.26. The number of benzene rings is 1. The minimum Gasteiger partial charge on any atom is -0.323 e. The first-order chi connectivity index (χ1) is 11.0. The molecule has 0 aliphatic rings. The Morgan fingerprint density at radius 2 is 1.87 bits per heavy atom. The van der Waals surface area contributed by atoms with Crippen LogP contribution in [0.2, 0.25) is 0 Å². The number of amides is 1. The summed E-state index contributed by atoms with van der Waals surface area (Å²) in [5.41, 5.74) is 6.04. The van der Waals surface area contributed by atoms with E-state index in [2.05, 4.69) is 41.5 Å². The molecule has 0 saturated carbocycles. The van der Waals surface area contributed by atoms with Crippen molar-refractivity contribution in [1.82, 2.24) is 9.38 Å². The molecule has 0 atom stereocenters. The Labute approximate surface area is 136 Å². The Bertz CT molecular complexity index is 847. The molecule has 4 nitrogen and oxygen atoms in total. The summed E-state index contributed by atoms with van der Waals surface area (Å²) in [7, 11) is 0. The standard InChI is InChI=1S/C19H21N3O/c1-13-6-8-16(9-7-13)10-11-18(23)21-17-5-4-12-22-15(3)14(2)20-19(17)22/h4-9,12H,10-11H2,1-3H3,(H,21,23). The van der Waals surface area contributed by atoms with E-state index in [0.29, 0.717) is 6.42 Å². The molecular formula is C19H21N3O. The molecule has 0 aliphatic heterocycles. The summed E-state index contributed by atoms with van der Waals surface area (Å²) >= 11 is 0. The van der Waals surface area contributed by atoms with Crippen molar-refractivity contribution in [2.45, 2.75) is 33.6 Å². The van der Waals surface area contributed by atoms with Crippen LogP contribution in [-0.2, 0) is 11.2 Å². The molecule has 118 valence electrons. The lowest BCUT2D eigenvalue weighted by Crippen LogP contribution is -2.13. The summed E-state index contributed by atoms with van der Waals surface area (Å²) in [6, 6.07) is 12.1. The lowest BCUT2D eigenvalue weighted by Gasteiger charge is -2.07. The van der Waals surface area contributed by atoms with E-state index in [4.69, 9.17) is 0 Å². The number of anilines is 1. The number of aromatic nitrogens is 2. The zero-order chi connectivity index (χ0) is 16.4. The topological polar surface area (TPSA) is 46.4 Å². The third-order valence-electron chi connectivity index (χ3n) is 4.16. The predicted octanol–water partition coefficient (Wildman–Crippen LogP) is 3.83. The van der Waals surface area contributed by atoms with E-state index in [9.17, 15) is 4.79 Å². The van der Waals surface area contributed by atoms with Crippen LogP contribution in [0.1, 0.15) is 28.9 Å². The number of aryl methyl sites for hydroxylation is 4. The molecule has 23 heavy (non-hydrogen) atoms. The number of carbonyl (C=O) groups excluding carboxylic acids is 1. The van der Waals surface area contributed by atoms with E-state index in [1.165, 1.54) is 11.1 Å². The fraction of sp³-hybridized carbons (Fsp3) is 0.263. The van der Waals surface area contributed by atoms with Gasteiger partial charge in [-0.25, -0.2) is 4.98 Å². The number of hydrogen-bond acceptors (Lipinski definition) is 2. The van der Waals surface area contributed by atoms with Crippen molar-refractivity contribution in [3.8, 4) is 0 Å². The van der Waals surface area contributed by atoms with E-state index >= 15 is 0 Å². The Balaban J connectivity index is 1.70. The Hall–Kier alpha value is -2.62. The van der Waals surface area contributed by atoms with Gasteiger partial charge in [0.25, 0.3) is 0 Å². The molecular weight excluding hydrogens is 286 g/mol. The van der Waals surface area contributed by atoms with Gasteiger partial charge >= 0.3 is 0 Å². The number of rotatable bonds is 4. The van der Waals surface area contributed by atoms with Crippen molar-refractivity contribution in [3.63, 3.8) is 0 Å². The molecule has 2 heterocycles. The maximum atomic E-state index is 12.2. The van der Waals surface area contributed by atoms with Gasteiger partial charge in [-0.1, -0.05) is 29.8 Å². The highest BCUT2D eigenvalue weighted by molar-refractivity contribution is 5.94. The molecule has 0 saturated heterocycles. The molecule has 2 aromatic heterocycles. The molecule has 0 unspecified atom stereocenters. The maximum Gasteiger partial charge on any atom is 0.224 e. The highest BCUT2D eigenvalue weighted by atomic mass is 16.1. The van der Waals surface area contributed by atoms with E-state index in [1.54, 1.807) is 0 Å². The van der Waals surface area contributed by atoms with Gasteiger partial charge in [0.1, 0.15) is 0 Å². The van der Waals surface area contributed by atoms with Crippen LogP contribution in [-0.4, -0.2) is 15.3 Å². The van der Waals surface area contributed by atoms with Crippen molar-refractivity contribution in [2.75, 3.05) is 5.32 Å². The number of pyridine rings is 1. The van der Waals surface area contributed by atoms with Crippen LogP contribution in [0.25, 0.3) is 5.65 Å². The van der Waals surface area contributed by atoms with Crippen molar-refractivity contribution >= 4 is 17.2 Å². The number of imidazole rings is 1. The van der Waals surface area contributed by atoms with Crippen molar-refractivity contribution in [3.05, 3.63) is 65.1 Å². The van der Waals surface area contributed by atoms with Gasteiger partial charge in [0, 0.05) is 18.3 Å². The van der Waals surface area contributed by atoms with Crippen LogP contribution in [0.3, 0.4) is 0 Å². The normalized spacial score (nSPS) is 10.9. The van der Waals surface area contributed by atoms with E-state index in [0.717, 1.165) is 29.1 Å². The number of hydrogen-bond donors (Lipinski definition) is 1. The minimum absolute atomic E-state index is 0.0111. The first-order valence-electron chi connectivity index (χ1n) is 7.84. The van der Waals surface area contributed by atoms with Gasteiger partial charge in [-0.3, -0.25) is 4.79 Å². The second-order valence-electron chi connectivity index (χ2n) is 5.93. The summed E-state index contributed by atoms with van der Waals surface area (Å²) in [5.74, 6) is 0.0111. The minimum atomic E-state index is 0.0111. The van der Waals surface area contributed by atoms with Gasteiger partial charge in [0.05, 0.1) is 11.4 Å². The molecule has 0 aliphatic carbocycles. The molecule has 4 heteroatoms. The average Bonchev–Trinajstić information content (AvgIpc) is 2.83. The van der Waals surface area contributed by atoms with Crippen LogP contribution >= 0.6 is 0 Å². The van der Waals surface area contributed by atoms with Gasteiger partial charge in [-0.15, -0.1) is 0 Å². The number of nitrogens with one attached hydrogen (secondary N) is 1. The molecule has 3 rings (SSSR count). The van der Waals surface area contributed by atoms with Gasteiger partial charge < -0.3 is 9.72 Å². The van der Waals surface area contributed by atoms with Gasteiger partial charge in [-0.2, -0.15) is 0 Å². The average molecular weight is 307 g/mol. The predicted molar refractivity (Wildman–Crippen MR) is 92.8 cm³/mol. The number of nitrogens with zero attached hydrogens (tertiary/aromatic N) is 2. The Morgan fingerprint density at radius 1 is 1.13 bits per heavy atom. The van der Waals surface area contributed by atoms with Gasteiger partial charge in [0.2, 0.25) is 5.91 Å². The quantitative estimate of drug-likeness (QED) is 0.796. The molecule has 0 fully saturated rings. The highest BCUT2D eigenvalue weighted by Gasteiger charge is 2.10. The molecule has 1 amide bonds.